The first-order valence-electron chi connectivity index (χ1n) is 21.7. The Labute approximate surface area is 366 Å². The van der Waals surface area contributed by atoms with Crippen LogP contribution >= 0.6 is 0 Å². The molecule has 12 aromatic rings. The van der Waals surface area contributed by atoms with Gasteiger partial charge in [0.1, 0.15) is 0 Å². The highest BCUT2D eigenvalue weighted by molar-refractivity contribution is 6.33. The fourth-order valence-electron chi connectivity index (χ4n) is 9.18. The molecule has 12 rings (SSSR count). The number of hydrogen-bond acceptors (Lipinski definition) is 3. The van der Waals surface area contributed by atoms with Crippen LogP contribution < -0.4 is 0 Å². The van der Waals surface area contributed by atoms with Gasteiger partial charge in [0, 0.05) is 38.5 Å². The Balaban J connectivity index is 0.00000219. The third-order valence-corrected chi connectivity index (χ3v) is 12.0. The van der Waals surface area contributed by atoms with Gasteiger partial charge in [0.2, 0.25) is 0 Å². The maximum absolute atomic E-state index is 5.32. The highest BCUT2D eigenvalue weighted by Gasteiger charge is 2.21. The number of para-hydroxylation sites is 1. The molecule has 0 spiro atoms. The summed E-state index contributed by atoms with van der Waals surface area (Å²) in [6.45, 7) is 4.00. The van der Waals surface area contributed by atoms with E-state index in [9.17, 15) is 0 Å². The zero-order valence-corrected chi connectivity index (χ0v) is 35.1. The van der Waals surface area contributed by atoms with Crippen LogP contribution in [0.4, 0.5) is 0 Å². The van der Waals surface area contributed by atoms with Gasteiger partial charge in [-0.3, -0.25) is 0 Å². The SMILES string of the molecule is CC.c1ccc(-c2cc(-c3ccccc3)cc(-c3nc(-c4ccccc4)nc(-c4ccc5c(c4)c4ccc6c7ccccc7c7ccccc7c6c4n5-c4ccccc4)n3)c2)cc1. The van der Waals surface area contributed by atoms with Gasteiger partial charge < -0.3 is 4.57 Å². The number of hydrogen-bond donors (Lipinski definition) is 0. The summed E-state index contributed by atoms with van der Waals surface area (Å²) in [6, 6.07) is 77.5. The van der Waals surface area contributed by atoms with Crippen LogP contribution in [0.1, 0.15) is 13.8 Å². The molecule has 0 amide bonds. The van der Waals surface area contributed by atoms with Crippen molar-refractivity contribution in [1.29, 1.82) is 0 Å². The second-order valence-electron chi connectivity index (χ2n) is 15.6. The third kappa shape index (κ3) is 6.61. The van der Waals surface area contributed by atoms with Crippen LogP contribution in [0.3, 0.4) is 0 Å². The van der Waals surface area contributed by atoms with Gasteiger partial charge in [-0.15, -0.1) is 0 Å². The van der Waals surface area contributed by atoms with Crippen LogP contribution in [-0.4, -0.2) is 19.5 Å². The Morgan fingerprint density at radius 3 is 1.27 bits per heavy atom. The van der Waals surface area contributed by atoms with Crippen LogP contribution in [0.15, 0.2) is 218 Å². The molecule has 0 aliphatic carbocycles. The molecule has 0 fully saturated rings. The summed E-state index contributed by atoms with van der Waals surface area (Å²) >= 11 is 0. The van der Waals surface area contributed by atoms with Crippen molar-refractivity contribution in [2.75, 3.05) is 0 Å². The molecule has 2 aromatic heterocycles. The summed E-state index contributed by atoms with van der Waals surface area (Å²) in [7, 11) is 0. The lowest BCUT2D eigenvalue weighted by Crippen LogP contribution is -2.00. The fourth-order valence-corrected chi connectivity index (χ4v) is 9.18. The summed E-state index contributed by atoms with van der Waals surface area (Å²) in [6.07, 6.45) is 0. The average molecular weight is 807 g/mol. The molecule has 4 nitrogen and oxygen atoms in total. The smallest absolute Gasteiger partial charge is 0.164 e. The highest BCUT2D eigenvalue weighted by Crippen LogP contribution is 2.44. The zero-order valence-electron chi connectivity index (χ0n) is 35.1. The van der Waals surface area contributed by atoms with E-state index in [1.165, 1.54) is 43.2 Å². The van der Waals surface area contributed by atoms with Crippen molar-refractivity contribution < 1.29 is 0 Å². The van der Waals surface area contributed by atoms with Gasteiger partial charge in [0.05, 0.1) is 11.0 Å². The Hall–Kier alpha value is -8.21. The maximum atomic E-state index is 5.32. The molecule has 0 saturated heterocycles. The van der Waals surface area contributed by atoms with E-state index in [0.717, 1.165) is 55.5 Å². The summed E-state index contributed by atoms with van der Waals surface area (Å²) in [5.74, 6) is 1.87. The molecule has 63 heavy (non-hydrogen) atoms. The Morgan fingerprint density at radius 1 is 0.286 bits per heavy atom. The quantitative estimate of drug-likeness (QED) is 0.157. The molecule has 0 N–H and O–H groups in total. The van der Waals surface area contributed by atoms with Crippen molar-refractivity contribution >= 4 is 54.1 Å². The van der Waals surface area contributed by atoms with E-state index in [1.807, 2.05) is 32.0 Å². The maximum Gasteiger partial charge on any atom is 0.164 e. The van der Waals surface area contributed by atoms with E-state index in [-0.39, 0.29) is 0 Å². The van der Waals surface area contributed by atoms with E-state index in [2.05, 4.69) is 205 Å². The van der Waals surface area contributed by atoms with Gasteiger partial charge in [0.15, 0.2) is 17.5 Å². The van der Waals surface area contributed by atoms with E-state index in [1.54, 1.807) is 0 Å². The predicted octanol–water partition coefficient (Wildman–Crippen LogP) is 15.8. The monoisotopic (exact) mass is 806 g/mol. The van der Waals surface area contributed by atoms with E-state index in [0.29, 0.717) is 17.5 Å². The fraction of sp³-hybridized carbons (Fsp3) is 0.0339. The van der Waals surface area contributed by atoms with E-state index < -0.39 is 0 Å². The van der Waals surface area contributed by atoms with Crippen LogP contribution in [0.2, 0.25) is 0 Å². The minimum Gasteiger partial charge on any atom is -0.309 e. The Bertz CT molecular complexity index is 3520. The van der Waals surface area contributed by atoms with Gasteiger partial charge in [-0.1, -0.05) is 184 Å². The summed E-state index contributed by atoms with van der Waals surface area (Å²) < 4.78 is 2.44. The van der Waals surface area contributed by atoms with Crippen molar-refractivity contribution in [1.82, 2.24) is 19.5 Å². The normalized spacial score (nSPS) is 11.3. The highest BCUT2D eigenvalue weighted by atomic mass is 15.0. The van der Waals surface area contributed by atoms with Crippen molar-refractivity contribution in [3.8, 4) is 62.1 Å². The van der Waals surface area contributed by atoms with Crippen LogP contribution in [0.5, 0.6) is 0 Å². The van der Waals surface area contributed by atoms with Crippen molar-refractivity contribution in [2.24, 2.45) is 0 Å². The predicted molar refractivity (Wildman–Crippen MR) is 265 cm³/mol. The molecule has 2 heterocycles. The summed E-state index contributed by atoms with van der Waals surface area (Å²) in [4.78, 5) is 15.7. The lowest BCUT2D eigenvalue weighted by Gasteiger charge is -2.14. The molecule has 10 aromatic carbocycles. The van der Waals surface area contributed by atoms with Crippen LogP contribution in [0, 0.1) is 0 Å². The molecular formula is C59H42N4. The molecule has 0 saturated carbocycles. The first-order chi connectivity index (χ1) is 31.2. The Kier molecular flexibility index (Phi) is 9.59. The second kappa shape index (κ2) is 16.0. The average Bonchev–Trinajstić information content (AvgIpc) is 3.71. The molecule has 0 bridgehead atoms. The van der Waals surface area contributed by atoms with E-state index >= 15 is 0 Å². The lowest BCUT2D eigenvalue weighted by atomic mass is 9.93. The third-order valence-electron chi connectivity index (χ3n) is 12.0. The molecule has 0 aliphatic rings. The number of nitrogens with zero attached hydrogens (tertiary/aromatic N) is 4. The molecular weight excluding hydrogens is 765 g/mol. The first-order valence-corrected chi connectivity index (χ1v) is 21.7. The summed E-state index contributed by atoms with van der Waals surface area (Å²) in [5.41, 5.74) is 10.7. The minimum atomic E-state index is 0.620. The number of aromatic nitrogens is 4. The van der Waals surface area contributed by atoms with Crippen molar-refractivity contribution in [3.63, 3.8) is 0 Å². The largest absolute Gasteiger partial charge is 0.309 e. The van der Waals surface area contributed by atoms with Gasteiger partial charge in [-0.2, -0.15) is 0 Å². The van der Waals surface area contributed by atoms with Gasteiger partial charge in [-0.25, -0.2) is 15.0 Å². The molecule has 298 valence electrons. The number of rotatable bonds is 6. The standard InChI is InChI=1S/C57H36N4.C2H6/c1-5-17-37(18-6-1)41-33-42(38-19-7-2-8-20-38)35-43(34-41)57-59-55(39-21-9-3-10-22-39)58-56(60-57)40-29-32-52-51(36-40)50-31-30-49-47-27-14-13-25-45(47)46-26-15-16-28-48(46)53(49)54(50)61(52)44-23-11-4-12-24-44;1-2/h1-36H;1-2H3. The molecule has 0 aliphatic heterocycles. The minimum absolute atomic E-state index is 0.620. The number of benzene rings is 10. The summed E-state index contributed by atoms with van der Waals surface area (Å²) in [5, 5.41) is 9.80. The first kappa shape index (κ1) is 37.8. The Morgan fingerprint density at radius 2 is 0.698 bits per heavy atom. The second-order valence-corrected chi connectivity index (χ2v) is 15.6. The van der Waals surface area contributed by atoms with Gasteiger partial charge in [0.25, 0.3) is 0 Å². The van der Waals surface area contributed by atoms with Crippen molar-refractivity contribution in [3.05, 3.63) is 218 Å². The molecule has 0 atom stereocenters. The molecule has 0 radical (unpaired) electrons. The van der Waals surface area contributed by atoms with E-state index in [4.69, 9.17) is 15.0 Å². The topological polar surface area (TPSA) is 43.6 Å². The zero-order chi connectivity index (χ0) is 42.3. The van der Waals surface area contributed by atoms with Crippen LogP contribution in [-0.2, 0) is 0 Å². The molecule has 0 unspecified atom stereocenters. The number of fused-ring (bicyclic) bond motifs is 10. The van der Waals surface area contributed by atoms with Crippen molar-refractivity contribution in [2.45, 2.75) is 13.8 Å². The van der Waals surface area contributed by atoms with Gasteiger partial charge >= 0.3 is 0 Å². The van der Waals surface area contributed by atoms with Crippen LogP contribution in [0.25, 0.3) is 116 Å². The van der Waals surface area contributed by atoms with Gasteiger partial charge in [-0.05, 0) is 97.7 Å². The molecule has 4 heteroatoms. The lowest BCUT2D eigenvalue weighted by molar-refractivity contribution is 1.07.